The van der Waals surface area contributed by atoms with Crippen LogP contribution in [-0.4, -0.2) is 76.6 Å². The number of halogens is 1. The molecule has 7 nitrogen and oxygen atoms in total. The summed E-state index contributed by atoms with van der Waals surface area (Å²) in [5, 5.41) is 40.4. The Balaban J connectivity index is 0.00000484. The molecular weight excluding hydrogens is 563 g/mol. The number of rotatable bonds is 12. The van der Waals surface area contributed by atoms with Gasteiger partial charge in [-0.15, -0.1) is 0 Å². The summed E-state index contributed by atoms with van der Waals surface area (Å²) in [6, 6.07) is 24.9. The summed E-state index contributed by atoms with van der Waals surface area (Å²) in [7, 11) is 0. The average molecular weight is 598 g/mol. The van der Waals surface area contributed by atoms with Crippen LogP contribution in [0.3, 0.4) is 0 Å². The molecule has 0 spiro atoms. The van der Waals surface area contributed by atoms with Gasteiger partial charge in [0.2, 0.25) is 5.90 Å². The van der Waals surface area contributed by atoms with Gasteiger partial charge in [0, 0.05) is 24.5 Å². The Morgan fingerprint density at radius 2 is 1.52 bits per heavy atom. The van der Waals surface area contributed by atoms with Crippen molar-refractivity contribution in [3.05, 3.63) is 102 Å². The first-order chi connectivity index (χ1) is 19.7. The summed E-state index contributed by atoms with van der Waals surface area (Å²) in [5.74, 6) is -1.38. The monoisotopic (exact) mass is 597 g/mol. The number of carbonyl (C=O) groups excluding carboxylic acids is 1. The van der Waals surface area contributed by atoms with Crippen LogP contribution in [-0.2, 0) is 11.3 Å². The van der Waals surface area contributed by atoms with Crippen LogP contribution in [0.25, 0.3) is 22.4 Å². The van der Waals surface area contributed by atoms with E-state index < -0.39 is 24.6 Å². The van der Waals surface area contributed by atoms with Gasteiger partial charge in [-0.05, 0) is 66.3 Å². The van der Waals surface area contributed by atoms with Gasteiger partial charge in [0.25, 0.3) is 0 Å². The first-order valence-corrected chi connectivity index (χ1v) is 13.6. The minimum Gasteiger partial charge on any atom is -0.550 e. The quantitative estimate of drug-likeness (QED) is 0.124. The largest absolute Gasteiger partial charge is 2.00 e. The van der Waals surface area contributed by atoms with E-state index in [9.17, 15) is 24.5 Å². The minimum absolute atomic E-state index is 0. The van der Waals surface area contributed by atoms with E-state index in [1.807, 2.05) is 66.9 Å². The maximum absolute atomic E-state index is 14.0. The number of aliphatic hydroxyl groups is 2. The Morgan fingerprint density at radius 1 is 0.929 bits per heavy atom. The van der Waals surface area contributed by atoms with E-state index >= 15 is 0 Å². The minimum atomic E-state index is -1.38. The van der Waals surface area contributed by atoms with Crippen LogP contribution < -0.4 is 9.84 Å². The molecule has 42 heavy (non-hydrogen) atoms. The van der Waals surface area contributed by atoms with E-state index in [4.69, 9.17) is 10.1 Å². The normalized spacial score (nSPS) is 12.4. The maximum Gasteiger partial charge on any atom is 2.00 e. The van der Waals surface area contributed by atoms with E-state index in [1.54, 1.807) is 24.3 Å². The van der Waals surface area contributed by atoms with E-state index in [1.165, 1.54) is 12.1 Å². The summed E-state index contributed by atoms with van der Waals surface area (Å²) < 4.78 is 22.4. The molecule has 0 radical (unpaired) electrons. The topological polar surface area (TPSA) is 119 Å². The van der Waals surface area contributed by atoms with Crippen molar-refractivity contribution in [3.63, 3.8) is 0 Å². The van der Waals surface area contributed by atoms with Crippen molar-refractivity contribution in [2.45, 2.75) is 57.8 Å². The van der Waals surface area contributed by atoms with E-state index in [2.05, 4.69) is 0 Å². The molecule has 0 bridgehead atoms. The zero-order chi connectivity index (χ0) is 29.5. The molecule has 0 unspecified atom stereocenters. The van der Waals surface area contributed by atoms with Crippen LogP contribution in [0.1, 0.15) is 50.3 Å². The van der Waals surface area contributed by atoms with Crippen molar-refractivity contribution >= 4 is 49.6 Å². The Morgan fingerprint density at radius 3 is 2.10 bits per heavy atom. The number of ether oxygens (including phenoxy) is 1. The Hall–Kier alpha value is -3.01. The molecule has 0 amide bonds. The predicted octanol–water partition coefficient (Wildman–Crippen LogP) is 4.75. The van der Waals surface area contributed by atoms with Crippen molar-refractivity contribution < 1.29 is 29.2 Å². The molecule has 0 fully saturated rings. The van der Waals surface area contributed by atoms with Crippen molar-refractivity contribution in [3.8, 4) is 28.1 Å². The van der Waals surface area contributed by atoms with Gasteiger partial charge in [0.1, 0.15) is 5.82 Å². The number of aliphatic carboxylic acids is 1. The van der Waals surface area contributed by atoms with Gasteiger partial charge in [-0.2, -0.15) is 0 Å². The average Bonchev–Trinajstić information content (AvgIpc) is 3.26. The molecule has 3 aromatic carbocycles. The summed E-state index contributed by atoms with van der Waals surface area (Å²) in [6.07, 6.45) is -2.69. The molecule has 4 aromatic rings. The molecule has 0 aliphatic rings. The summed E-state index contributed by atoms with van der Waals surface area (Å²) in [5.41, 5.74) is 4.42. The van der Waals surface area contributed by atoms with Crippen LogP contribution in [0.2, 0.25) is 0 Å². The Labute approximate surface area is 275 Å². The third kappa shape index (κ3) is 8.30. The number of hydrogen-bond donors (Lipinski definition) is 3. The summed E-state index contributed by atoms with van der Waals surface area (Å²) >= 11 is 0. The van der Waals surface area contributed by atoms with Crippen molar-refractivity contribution in [2.75, 3.05) is 0 Å². The maximum atomic E-state index is 14.0. The molecular formula is C33H34CaFN2O5+. The van der Waals surface area contributed by atoms with Gasteiger partial charge in [-0.25, -0.2) is 4.39 Å². The fourth-order valence-electron chi connectivity index (χ4n) is 5.04. The third-order valence-electron chi connectivity index (χ3n) is 6.86. The van der Waals surface area contributed by atoms with Crippen molar-refractivity contribution in [2.24, 2.45) is 0 Å². The molecule has 4 rings (SSSR count). The second-order valence-electron chi connectivity index (χ2n) is 10.3. The van der Waals surface area contributed by atoms with Crippen LogP contribution in [0, 0.1) is 11.2 Å². The number of benzene rings is 3. The SMILES string of the molecule is CC(C)c1c(OC(=N)c2ccccc2)c(-c2ccccc2)c(-c2ccc(F)cc2)n1CC[C@@H](O)C[C@@H](O)CC(=O)[O-].[Ca+2]. The molecule has 0 aliphatic heterocycles. The van der Waals surface area contributed by atoms with Gasteiger partial charge in [0.05, 0.1) is 29.2 Å². The van der Waals surface area contributed by atoms with E-state index in [0.29, 0.717) is 17.9 Å². The van der Waals surface area contributed by atoms with Gasteiger partial charge >= 0.3 is 37.7 Å². The smallest absolute Gasteiger partial charge is 0.550 e. The second kappa shape index (κ2) is 15.5. The van der Waals surface area contributed by atoms with Gasteiger partial charge < -0.3 is 29.4 Å². The van der Waals surface area contributed by atoms with Crippen LogP contribution in [0.15, 0.2) is 84.9 Å². The number of aromatic nitrogens is 1. The predicted molar refractivity (Wildman–Crippen MR) is 160 cm³/mol. The Bertz CT molecular complexity index is 1470. The fraction of sp³-hybridized carbons (Fsp3) is 0.273. The fourth-order valence-corrected chi connectivity index (χ4v) is 5.04. The van der Waals surface area contributed by atoms with Crippen LogP contribution in [0.4, 0.5) is 4.39 Å². The van der Waals surface area contributed by atoms with Gasteiger partial charge in [-0.1, -0.05) is 62.4 Å². The molecule has 3 N–H and O–H groups in total. The van der Waals surface area contributed by atoms with Crippen molar-refractivity contribution in [1.29, 1.82) is 5.41 Å². The van der Waals surface area contributed by atoms with Gasteiger partial charge in [-0.3, -0.25) is 5.41 Å². The molecule has 0 aliphatic carbocycles. The molecule has 1 aromatic heterocycles. The van der Waals surface area contributed by atoms with Crippen LogP contribution in [0.5, 0.6) is 5.75 Å². The van der Waals surface area contributed by atoms with Gasteiger partial charge in [0.15, 0.2) is 5.75 Å². The number of carboxylic acid groups (broad SMARTS) is 1. The molecule has 0 saturated carbocycles. The number of carbonyl (C=O) groups is 1. The number of aliphatic hydroxyl groups excluding tert-OH is 2. The molecule has 2 atom stereocenters. The molecule has 1 heterocycles. The van der Waals surface area contributed by atoms with Crippen molar-refractivity contribution in [1.82, 2.24) is 4.57 Å². The van der Waals surface area contributed by atoms with E-state index in [-0.39, 0.29) is 68.2 Å². The number of hydrogen-bond acceptors (Lipinski definition) is 6. The summed E-state index contributed by atoms with van der Waals surface area (Å²) in [6.45, 7) is 4.31. The Kier molecular flexibility index (Phi) is 12.3. The second-order valence-corrected chi connectivity index (χ2v) is 10.3. The number of carboxylic acids is 1. The first-order valence-electron chi connectivity index (χ1n) is 13.6. The molecule has 0 saturated heterocycles. The molecule has 9 heteroatoms. The number of nitrogens with zero attached hydrogens (tertiary/aromatic N) is 1. The zero-order valence-corrected chi connectivity index (χ0v) is 26.0. The van der Waals surface area contributed by atoms with E-state index in [0.717, 1.165) is 28.1 Å². The number of nitrogens with one attached hydrogen (secondary N) is 1. The molecule has 214 valence electrons. The third-order valence-corrected chi connectivity index (χ3v) is 6.86. The van der Waals surface area contributed by atoms with Crippen LogP contribution >= 0.6 is 0 Å². The first kappa shape index (κ1) is 33.5. The zero-order valence-electron chi connectivity index (χ0n) is 23.8. The standard InChI is InChI=1S/C33H35FN2O5.Ca/c1-21(2)30-32(41-33(35)24-11-7-4-8-12-24)29(22-9-5-3-6-10-22)31(23-13-15-25(34)16-14-23)36(30)18-17-26(37)19-27(38)20-28(39)40;/h3-16,21,26-27,35,37-38H,17-20H2,1-2H3,(H,39,40);/q;+2/p-1/t26-,27-;/m1./s1. The summed E-state index contributed by atoms with van der Waals surface area (Å²) in [4.78, 5) is 10.9.